The molecule has 0 bridgehead atoms. The molecule has 19 heavy (non-hydrogen) atoms. The quantitative estimate of drug-likeness (QED) is 0.816. The summed E-state index contributed by atoms with van der Waals surface area (Å²) >= 11 is 5.87. The Kier molecular flexibility index (Phi) is 4.77. The molecule has 1 atom stereocenters. The summed E-state index contributed by atoms with van der Waals surface area (Å²) in [5.41, 5.74) is 0.242. The predicted molar refractivity (Wildman–Crippen MR) is 71.5 cm³/mol. The van der Waals surface area contributed by atoms with Gasteiger partial charge in [0.25, 0.3) is 0 Å². The molecule has 3 nitrogen and oxygen atoms in total. The molecule has 1 fully saturated rings. The van der Waals surface area contributed by atoms with Gasteiger partial charge in [0.05, 0.1) is 6.61 Å². The number of carbonyl (C=O) groups is 1. The predicted octanol–water partition coefficient (Wildman–Crippen LogP) is 3.08. The highest BCUT2D eigenvalue weighted by Crippen LogP contribution is 2.29. The zero-order valence-corrected chi connectivity index (χ0v) is 11.5. The van der Waals surface area contributed by atoms with Crippen LogP contribution in [0.1, 0.15) is 31.4 Å². The molecule has 1 unspecified atom stereocenters. The summed E-state index contributed by atoms with van der Waals surface area (Å²) in [6.07, 6.45) is 2.31. The minimum atomic E-state index is -0.792. The summed E-state index contributed by atoms with van der Waals surface area (Å²) in [5, 5.41) is 3.48. The molecule has 0 heterocycles. The summed E-state index contributed by atoms with van der Waals surface area (Å²) in [6.45, 7) is 2.68. The monoisotopic (exact) mass is 285 g/mol. The van der Waals surface area contributed by atoms with Crippen molar-refractivity contribution < 1.29 is 13.9 Å². The zero-order valence-electron chi connectivity index (χ0n) is 10.8. The number of halogens is 2. The first kappa shape index (κ1) is 14.3. The average Bonchev–Trinajstić information content (AvgIpc) is 3.18. The second kappa shape index (κ2) is 6.35. The summed E-state index contributed by atoms with van der Waals surface area (Å²) < 4.78 is 18.8. The largest absolute Gasteiger partial charge is 0.465 e. The van der Waals surface area contributed by atoms with Gasteiger partial charge in [-0.05, 0) is 50.4 Å². The number of benzene rings is 1. The Hall–Kier alpha value is -1.13. The van der Waals surface area contributed by atoms with Crippen LogP contribution in [-0.2, 0) is 9.53 Å². The van der Waals surface area contributed by atoms with Crippen molar-refractivity contribution in [2.45, 2.75) is 25.8 Å². The van der Waals surface area contributed by atoms with Gasteiger partial charge in [0, 0.05) is 10.6 Å². The molecule has 0 aliphatic heterocycles. The van der Waals surface area contributed by atoms with Crippen molar-refractivity contribution in [1.82, 2.24) is 5.32 Å². The Morgan fingerprint density at radius 3 is 2.95 bits per heavy atom. The molecule has 1 N–H and O–H groups in total. The highest BCUT2D eigenvalue weighted by molar-refractivity contribution is 6.30. The molecule has 0 radical (unpaired) electrons. The second-order valence-corrected chi connectivity index (χ2v) is 5.14. The Morgan fingerprint density at radius 1 is 1.58 bits per heavy atom. The summed E-state index contributed by atoms with van der Waals surface area (Å²) in [7, 11) is 0. The van der Waals surface area contributed by atoms with Crippen LogP contribution in [0.15, 0.2) is 18.2 Å². The first-order valence-corrected chi connectivity index (χ1v) is 6.84. The topological polar surface area (TPSA) is 38.3 Å². The van der Waals surface area contributed by atoms with Crippen molar-refractivity contribution in [3.63, 3.8) is 0 Å². The lowest BCUT2D eigenvalue weighted by Gasteiger charge is -2.18. The van der Waals surface area contributed by atoms with Gasteiger partial charge in [-0.1, -0.05) is 11.6 Å². The molecule has 2 rings (SSSR count). The molecule has 1 aliphatic carbocycles. The molecular weight excluding hydrogens is 269 g/mol. The third-order valence-electron chi connectivity index (χ3n) is 3.10. The lowest BCUT2D eigenvalue weighted by Crippen LogP contribution is -2.32. The number of hydrogen-bond donors (Lipinski definition) is 1. The van der Waals surface area contributed by atoms with Gasteiger partial charge in [0.2, 0.25) is 0 Å². The second-order valence-electron chi connectivity index (χ2n) is 4.70. The fraction of sp³-hybridized carbons (Fsp3) is 0.500. The van der Waals surface area contributed by atoms with Crippen LogP contribution in [-0.4, -0.2) is 19.1 Å². The van der Waals surface area contributed by atoms with Gasteiger partial charge in [-0.3, -0.25) is 0 Å². The Labute approximate surface area is 117 Å². The van der Waals surface area contributed by atoms with Crippen LogP contribution >= 0.6 is 11.6 Å². The fourth-order valence-corrected chi connectivity index (χ4v) is 2.07. The van der Waals surface area contributed by atoms with Gasteiger partial charge in [-0.15, -0.1) is 0 Å². The molecule has 0 aromatic heterocycles. The third kappa shape index (κ3) is 3.91. The normalized spacial score (nSPS) is 16.2. The van der Waals surface area contributed by atoms with E-state index in [2.05, 4.69) is 5.32 Å². The summed E-state index contributed by atoms with van der Waals surface area (Å²) in [6, 6.07) is 3.41. The van der Waals surface area contributed by atoms with Crippen LogP contribution in [0.4, 0.5) is 4.39 Å². The van der Waals surface area contributed by atoms with E-state index in [-0.39, 0.29) is 12.2 Å². The molecule has 1 aromatic carbocycles. The van der Waals surface area contributed by atoms with Crippen LogP contribution in [0.3, 0.4) is 0 Å². The lowest BCUT2D eigenvalue weighted by molar-refractivity contribution is -0.146. The van der Waals surface area contributed by atoms with Crippen LogP contribution in [0, 0.1) is 11.7 Å². The van der Waals surface area contributed by atoms with Crippen LogP contribution in [0.2, 0.25) is 5.02 Å². The first-order chi connectivity index (χ1) is 9.11. The molecular formula is C14H17ClFNO2. The van der Waals surface area contributed by atoms with E-state index in [0.29, 0.717) is 17.5 Å². The number of carbonyl (C=O) groups excluding carboxylic acids is 1. The van der Waals surface area contributed by atoms with Gasteiger partial charge < -0.3 is 10.1 Å². The van der Waals surface area contributed by atoms with Gasteiger partial charge >= 0.3 is 5.97 Å². The van der Waals surface area contributed by atoms with Gasteiger partial charge in [-0.2, -0.15) is 0 Å². The maximum Gasteiger partial charge on any atom is 0.327 e. The minimum Gasteiger partial charge on any atom is -0.465 e. The van der Waals surface area contributed by atoms with E-state index < -0.39 is 17.8 Å². The van der Waals surface area contributed by atoms with E-state index in [1.165, 1.54) is 18.2 Å². The molecule has 0 saturated heterocycles. The Morgan fingerprint density at radius 2 is 2.32 bits per heavy atom. The molecule has 5 heteroatoms. The molecule has 1 aromatic rings. The molecule has 1 aliphatic rings. The van der Waals surface area contributed by atoms with Gasteiger partial charge in [0.1, 0.15) is 11.9 Å². The van der Waals surface area contributed by atoms with Crippen LogP contribution in [0.5, 0.6) is 0 Å². The van der Waals surface area contributed by atoms with Crippen molar-refractivity contribution in [2.24, 2.45) is 5.92 Å². The maximum absolute atomic E-state index is 13.9. The smallest absolute Gasteiger partial charge is 0.327 e. The molecule has 0 spiro atoms. The maximum atomic E-state index is 13.9. The first-order valence-electron chi connectivity index (χ1n) is 6.46. The van der Waals surface area contributed by atoms with E-state index in [1.54, 1.807) is 6.92 Å². The molecule has 104 valence electrons. The van der Waals surface area contributed by atoms with Crippen LogP contribution < -0.4 is 5.32 Å². The van der Waals surface area contributed by atoms with Crippen molar-refractivity contribution in [2.75, 3.05) is 13.2 Å². The van der Waals surface area contributed by atoms with Crippen molar-refractivity contribution in [3.8, 4) is 0 Å². The van der Waals surface area contributed by atoms with E-state index >= 15 is 0 Å². The average molecular weight is 286 g/mol. The highest BCUT2D eigenvalue weighted by atomic mass is 35.5. The van der Waals surface area contributed by atoms with E-state index in [1.807, 2.05) is 0 Å². The number of nitrogens with one attached hydrogen (secondary N) is 1. The van der Waals surface area contributed by atoms with Crippen molar-refractivity contribution in [3.05, 3.63) is 34.6 Å². The van der Waals surface area contributed by atoms with Crippen LogP contribution in [0.25, 0.3) is 0 Å². The lowest BCUT2D eigenvalue weighted by atomic mass is 10.1. The fourth-order valence-electron chi connectivity index (χ4n) is 1.89. The Bertz CT molecular complexity index is 463. The number of hydrogen-bond acceptors (Lipinski definition) is 3. The number of ether oxygens (including phenoxy) is 1. The zero-order chi connectivity index (χ0) is 13.8. The van der Waals surface area contributed by atoms with Gasteiger partial charge in [0.15, 0.2) is 0 Å². The molecule has 1 saturated carbocycles. The summed E-state index contributed by atoms with van der Waals surface area (Å²) in [5.74, 6) is -0.339. The van der Waals surface area contributed by atoms with E-state index in [4.69, 9.17) is 16.3 Å². The third-order valence-corrected chi connectivity index (χ3v) is 3.33. The number of rotatable bonds is 6. The summed E-state index contributed by atoms with van der Waals surface area (Å²) in [4.78, 5) is 11.9. The molecule has 0 amide bonds. The van der Waals surface area contributed by atoms with Gasteiger partial charge in [-0.25, -0.2) is 9.18 Å². The minimum absolute atomic E-state index is 0.242. The van der Waals surface area contributed by atoms with E-state index in [0.717, 1.165) is 12.8 Å². The highest BCUT2D eigenvalue weighted by Gasteiger charge is 2.28. The SMILES string of the molecule is CCOC(=O)C(NCC1CC1)c1cc(Cl)ccc1F. The number of esters is 1. The van der Waals surface area contributed by atoms with Crippen molar-refractivity contribution >= 4 is 17.6 Å². The van der Waals surface area contributed by atoms with Crippen molar-refractivity contribution in [1.29, 1.82) is 0 Å². The van der Waals surface area contributed by atoms with E-state index in [9.17, 15) is 9.18 Å². The Balaban J connectivity index is 2.18. The standard InChI is InChI=1S/C14H17ClFNO2/c1-2-19-14(18)13(17-8-9-3-4-9)11-7-10(15)5-6-12(11)16/h5-7,9,13,17H,2-4,8H2,1H3.